The van der Waals surface area contributed by atoms with Crippen molar-refractivity contribution < 1.29 is 4.79 Å². The summed E-state index contributed by atoms with van der Waals surface area (Å²) in [5, 5.41) is 3.49. The summed E-state index contributed by atoms with van der Waals surface area (Å²) in [6.45, 7) is 5.86. The van der Waals surface area contributed by atoms with Gasteiger partial charge < -0.3 is 5.32 Å². The molecule has 0 aliphatic rings. The lowest BCUT2D eigenvalue weighted by atomic mass is 10.2. The molecule has 0 radical (unpaired) electrons. The maximum absolute atomic E-state index is 11.9. The number of hydrogen-bond acceptors (Lipinski definition) is 4. The van der Waals surface area contributed by atoms with Gasteiger partial charge in [-0.05, 0) is 39.0 Å². The number of benzene rings is 1. The third-order valence-electron chi connectivity index (χ3n) is 2.63. The molecule has 20 heavy (non-hydrogen) atoms. The highest BCUT2D eigenvalue weighted by atomic mass is 32.2. The Morgan fingerprint density at radius 3 is 2.30 bits per heavy atom. The molecule has 1 aromatic carbocycles. The summed E-state index contributed by atoms with van der Waals surface area (Å²) < 4.78 is 0. The summed E-state index contributed by atoms with van der Waals surface area (Å²) in [5.41, 5.74) is 3.81. The van der Waals surface area contributed by atoms with E-state index in [2.05, 4.69) is 15.3 Å². The number of thioether (sulfide) groups is 1. The van der Waals surface area contributed by atoms with Crippen LogP contribution in [-0.2, 0) is 4.79 Å². The molecule has 2 aromatic rings. The van der Waals surface area contributed by atoms with Crippen LogP contribution in [0, 0.1) is 20.8 Å². The molecule has 1 amide bonds. The maximum atomic E-state index is 11.9. The average Bonchev–Trinajstić information content (AvgIpc) is 2.38. The zero-order valence-corrected chi connectivity index (χ0v) is 12.6. The third-order valence-corrected chi connectivity index (χ3v) is 3.48. The highest BCUT2D eigenvalue weighted by Gasteiger charge is 2.06. The van der Waals surface area contributed by atoms with E-state index in [0.717, 1.165) is 17.1 Å². The van der Waals surface area contributed by atoms with E-state index in [1.54, 1.807) is 0 Å². The maximum Gasteiger partial charge on any atom is 0.234 e. The number of nitrogens with one attached hydrogen (secondary N) is 1. The lowest BCUT2D eigenvalue weighted by molar-refractivity contribution is -0.113. The minimum atomic E-state index is -0.0541. The standard InChI is InChI=1S/C15H17N3OS/c1-10-4-6-13(7-5-10)18-14(19)9-20-15-16-11(2)8-12(3)17-15/h4-8H,9H2,1-3H3,(H,18,19). The molecule has 5 heteroatoms. The Morgan fingerprint density at radius 2 is 1.70 bits per heavy atom. The van der Waals surface area contributed by atoms with Crippen LogP contribution >= 0.6 is 11.8 Å². The normalized spacial score (nSPS) is 10.3. The molecule has 0 saturated heterocycles. The van der Waals surface area contributed by atoms with Gasteiger partial charge in [0.25, 0.3) is 0 Å². The van der Waals surface area contributed by atoms with E-state index in [9.17, 15) is 4.79 Å². The summed E-state index contributed by atoms with van der Waals surface area (Å²) in [4.78, 5) is 20.4. The number of rotatable bonds is 4. The number of anilines is 1. The fourth-order valence-electron chi connectivity index (χ4n) is 1.72. The third kappa shape index (κ3) is 4.35. The number of carbonyl (C=O) groups excluding carboxylic acids is 1. The van der Waals surface area contributed by atoms with Gasteiger partial charge >= 0.3 is 0 Å². The van der Waals surface area contributed by atoms with Crippen molar-refractivity contribution in [3.63, 3.8) is 0 Å². The van der Waals surface area contributed by atoms with Crippen molar-refractivity contribution in [2.45, 2.75) is 25.9 Å². The lowest BCUT2D eigenvalue weighted by Crippen LogP contribution is -2.14. The van der Waals surface area contributed by atoms with Crippen LogP contribution in [0.5, 0.6) is 0 Å². The molecule has 1 aromatic heterocycles. The molecule has 4 nitrogen and oxygen atoms in total. The average molecular weight is 287 g/mol. The second-order valence-corrected chi connectivity index (χ2v) is 5.58. The molecule has 104 valence electrons. The topological polar surface area (TPSA) is 54.9 Å². The van der Waals surface area contributed by atoms with Crippen molar-refractivity contribution in [2.75, 3.05) is 11.1 Å². The van der Waals surface area contributed by atoms with Crippen molar-refractivity contribution in [3.05, 3.63) is 47.3 Å². The first-order chi connectivity index (χ1) is 9.52. The highest BCUT2D eigenvalue weighted by Crippen LogP contribution is 2.15. The smallest absolute Gasteiger partial charge is 0.234 e. The van der Waals surface area contributed by atoms with Crippen LogP contribution in [-0.4, -0.2) is 21.6 Å². The summed E-state index contributed by atoms with van der Waals surface area (Å²) in [7, 11) is 0. The molecule has 0 atom stereocenters. The molecule has 0 aliphatic heterocycles. The van der Waals surface area contributed by atoms with Gasteiger partial charge in [0.2, 0.25) is 5.91 Å². The zero-order valence-electron chi connectivity index (χ0n) is 11.8. The van der Waals surface area contributed by atoms with Crippen LogP contribution in [0.2, 0.25) is 0 Å². The molecule has 1 N–H and O–H groups in total. The number of aromatic nitrogens is 2. The van der Waals surface area contributed by atoms with E-state index in [1.807, 2.05) is 51.1 Å². The monoisotopic (exact) mass is 287 g/mol. The Morgan fingerprint density at radius 1 is 1.10 bits per heavy atom. The van der Waals surface area contributed by atoms with E-state index in [0.29, 0.717) is 10.9 Å². The van der Waals surface area contributed by atoms with E-state index in [4.69, 9.17) is 0 Å². The molecule has 0 fully saturated rings. The number of carbonyl (C=O) groups is 1. The van der Waals surface area contributed by atoms with Crippen molar-refractivity contribution >= 4 is 23.4 Å². The highest BCUT2D eigenvalue weighted by molar-refractivity contribution is 7.99. The fourth-order valence-corrected chi connectivity index (χ4v) is 2.47. The van der Waals surface area contributed by atoms with Crippen LogP contribution in [0.3, 0.4) is 0 Å². The van der Waals surface area contributed by atoms with Crippen molar-refractivity contribution in [1.82, 2.24) is 9.97 Å². The van der Waals surface area contributed by atoms with Gasteiger partial charge in [0.1, 0.15) is 0 Å². The predicted octanol–water partition coefficient (Wildman–Crippen LogP) is 3.13. The number of aryl methyl sites for hydroxylation is 3. The molecule has 0 bridgehead atoms. The second kappa shape index (κ2) is 6.52. The first kappa shape index (κ1) is 14.5. The van der Waals surface area contributed by atoms with Crippen LogP contribution < -0.4 is 5.32 Å². The molecule has 2 rings (SSSR count). The lowest BCUT2D eigenvalue weighted by Gasteiger charge is -2.05. The van der Waals surface area contributed by atoms with Crippen molar-refractivity contribution in [3.8, 4) is 0 Å². The van der Waals surface area contributed by atoms with Gasteiger partial charge in [-0.3, -0.25) is 4.79 Å². The Balaban J connectivity index is 1.90. The van der Waals surface area contributed by atoms with Crippen LogP contribution in [0.1, 0.15) is 17.0 Å². The van der Waals surface area contributed by atoms with Crippen LogP contribution in [0.4, 0.5) is 5.69 Å². The first-order valence-corrected chi connectivity index (χ1v) is 7.33. The number of amides is 1. The summed E-state index contributed by atoms with van der Waals surface area (Å²) in [6, 6.07) is 9.64. The molecular formula is C15H17N3OS. The Labute approximate surface area is 123 Å². The van der Waals surface area contributed by atoms with E-state index >= 15 is 0 Å². The molecule has 0 unspecified atom stereocenters. The molecular weight excluding hydrogens is 270 g/mol. The quantitative estimate of drug-likeness (QED) is 0.693. The molecule has 0 spiro atoms. The largest absolute Gasteiger partial charge is 0.325 e. The van der Waals surface area contributed by atoms with Gasteiger partial charge in [-0.15, -0.1) is 0 Å². The van der Waals surface area contributed by atoms with Gasteiger partial charge in [0.15, 0.2) is 5.16 Å². The van der Waals surface area contributed by atoms with Gasteiger partial charge in [0.05, 0.1) is 5.75 Å². The molecule has 0 saturated carbocycles. The number of nitrogens with zero attached hydrogens (tertiary/aromatic N) is 2. The summed E-state index contributed by atoms with van der Waals surface area (Å²) in [5.74, 6) is 0.248. The molecule has 0 aliphatic carbocycles. The van der Waals surface area contributed by atoms with E-state index in [1.165, 1.54) is 17.3 Å². The van der Waals surface area contributed by atoms with E-state index in [-0.39, 0.29) is 5.91 Å². The van der Waals surface area contributed by atoms with Crippen molar-refractivity contribution in [2.24, 2.45) is 0 Å². The van der Waals surface area contributed by atoms with Gasteiger partial charge in [-0.1, -0.05) is 29.5 Å². The zero-order chi connectivity index (χ0) is 14.5. The SMILES string of the molecule is Cc1ccc(NC(=O)CSc2nc(C)cc(C)n2)cc1. The van der Waals surface area contributed by atoms with Gasteiger partial charge in [-0.25, -0.2) is 9.97 Å². The van der Waals surface area contributed by atoms with Crippen molar-refractivity contribution in [1.29, 1.82) is 0 Å². The minimum absolute atomic E-state index is 0.0541. The van der Waals surface area contributed by atoms with Crippen LogP contribution in [0.15, 0.2) is 35.5 Å². The fraction of sp³-hybridized carbons (Fsp3) is 0.267. The molecule has 1 heterocycles. The number of hydrogen-bond donors (Lipinski definition) is 1. The van der Waals surface area contributed by atoms with Gasteiger partial charge in [-0.2, -0.15) is 0 Å². The Bertz CT molecular complexity index is 591. The summed E-state index contributed by atoms with van der Waals surface area (Å²) >= 11 is 1.34. The Hall–Kier alpha value is -1.88. The predicted molar refractivity (Wildman–Crippen MR) is 82.0 cm³/mol. The Kier molecular flexibility index (Phi) is 4.74. The minimum Gasteiger partial charge on any atom is -0.325 e. The van der Waals surface area contributed by atoms with Gasteiger partial charge in [0, 0.05) is 17.1 Å². The van der Waals surface area contributed by atoms with Crippen LogP contribution in [0.25, 0.3) is 0 Å². The first-order valence-electron chi connectivity index (χ1n) is 6.34. The van der Waals surface area contributed by atoms with E-state index < -0.39 is 0 Å². The summed E-state index contributed by atoms with van der Waals surface area (Å²) in [6.07, 6.45) is 0. The second-order valence-electron chi connectivity index (χ2n) is 4.64.